The number of hydrogen-bond acceptors (Lipinski definition) is 5. The Bertz CT molecular complexity index is 354. The number of halogens is 2. The van der Waals surface area contributed by atoms with Gasteiger partial charge in [-0.25, -0.2) is 9.59 Å². The standard InChI is InChI=1S/C11H14Cl2O5/c1-4-17-9(15)11(7(3)14,6-8(12)13)10(16)18-5-2/h6H,4-5H2,1-3H3. The van der Waals surface area contributed by atoms with E-state index in [0.717, 1.165) is 13.0 Å². The third-order valence-electron chi connectivity index (χ3n) is 2.08. The van der Waals surface area contributed by atoms with Gasteiger partial charge >= 0.3 is 11.9 Å². The highest BCUT2D eigenvalue weighted by atomic mass is 35.5. The molecule has 5 nitrogen and oxygen atoms in total. The molecule has 0 spiro atoms. The summed E-state index contributed by atoms with van der Waals surface area (Å²) in [6, 6.07) is 0. The molecule has 0 rings (SSSR count). The van der Waals surface area contributed by atoms with Crippen molar-refractivity contribution < 1.29 is 23.9 Å². The SMILES string of the molecule is CCOC(=O)C(C=C(Cl)Cl)(C(C)=O)C(=O)OCC. The second kappa shape index (κ2) is 7.38. The van der Waals surface area contributed by atoms with Crippen molar-refractivity contribution >= 4 is 40.9 Å². The maximum Gasteiger partial charge on any atom is 0.335 e. The summed E-state index contributed by atoms with van der Waals surface area (Å²) >= 11 is 10.9. The van der Waals surface area contributed by atoms with E-state index in [1.54, 1.807) is 13.8 Å². The van der Waals surface area contributed by atoms with Crippen LogP contribution >= 0.6 is 23.2 Å². The van der Waals surface area contributed by atoms with Crippen LogP contribution in [0.5, 0.6) is 0 Å². The predicted octanol–water partition coefficient (Wildman–Crippen LogP) is 2.01. The molecule has 18 heavy (non-hydrogen) atoms. The molecular weight excluding hydrogens is 283 g/mol. The van der Waals surface area contributed by atoms with Gasteiger partial charge in [0, 0.05) is 0 Å². The Morgan fingerprint density at radius 3 is 1.67 bits per heavy atom. The molecular formula is C11H14Cl2O5. The van der Waals surface area contributed by atoms with Gasteiger partial charge in [-0.05, 0) is 26.8 Å². The molecule has 0 saturated heterocycles. The molecule has 0 aromatic rings. The molecule has 0 aliphatic carbocycles. The highest BCUT2D eigenvalue weighted by molar-refractivity contribution is 6.56. The number of ether oxygens (including phenoxy) is 2. The van der Waals surface area contributed by atoms with Crippen LogP contribution in [0.25, 0.3) is 0 Å². The Hall–Kier alpha value is -1.07. The van der Waals surface area contributed by atoms with Crippen LogP contribution in [-0.2, 0) is 23.9 Å². The van der Waals surface area contributed by atoms with Gasteiger partial charge in [0.2, 0.25) is 5.41 Å². The number of carbonyl (C=O) groups is 3. The summed E-state index contributed by atoms with van der Waals surface area (Å²) in [7, 11) is 0. The van der Waals surface area contributed by atoms with Crippen LogP contribution in [-0.4, -0.2) is 30.9 Å². The molecule has 0 unspecified atom stereocenters. The third-order valence-corrected chi connectivity index (χ3v) is 2.29. The second-order valence-electron chi connectivity index (χ2n) is 3.24. The molecule has 7 heteroatoms. The number of esters is 2. The topological polar surface area (TPSA) is 69.7 Å². The van der Waals surface area contributed by atoms with Gasteiger partial charge in [-0.2, -0.15) is 0 Å². The van der Waals surface area contributed by atoms with Gasteiger partial charge in [-0.1, -0.05) is 23.2 Å². The van der Waals surface area contributed by atoms with Crippen LogP contribution in [0.4, 0.5) is 0 Å². The van der Waals surface area contributed by atoms with Crippen LogP contribution < -0.4 is 0 Å². The zero-order valence-electron chi connectivity index (χ0n) is 10.3. The van der Waals surface area contributed by atoms with Crippen molar-refractivity contribution in [3.63, 3.8) is 0 Å². The van der Waals surface area contributed by atoms with Gasteiger partial charge < -0.3 is 9.47 Å². The van der Waals surface area contributed by atoms with E-state index >= 15 is 0 Å². The summed E-state index contributed by atoms with van der Waals surface area (Å²) in [6.07, 6.45) is 0.828. The van der Waals surface area contributed by atoms with Crippen LogP contribution in [0.2, 0.25) is 0 Å². The number of hydrogen-bond donors (Lipinski definition) is 0. The monoisotopic (exact) mass is 296 g/mol. The average Bonchev–Trinajstić information content (AvgIpc) is 2.25. The second-order valence-corrected chi connectivity index (χ2v) is 4.25. The zero-order chi connectivity index (χ0) is 14.3. The summed E-state index contributed by atoms with van der Waals surface area (Å²) < 4.78 is 9.03. The number of rotatable bonds is 6. The van der Waals surface area contributed by atoms with Gasteiger partial charge in [0.15, 0.2) is 5.78 Å². The van der Waals surface area contributed by atoms with Crippen molar-refractivity contribution in [1.29, 1.82) is 0 Å². The van der Waals surface area contributed by atoms with Crippen molar-refractivity contribution in [2.75, 3.05) is 13.2 Å². The lowest BCUT2D eigenvalue weighted by Gasteiger charge is -2.23. The molecule has 0 aliphatic heterocycles. The first-order valence-electron chi connectivity index (χ1n) is 5.22. The number of ketones is 1. The fourth-order valence-electron chi connectivity index (χ4n) is 1.24. The van der Waals surface area contributed by atoms with Gasteiger partial charge in [0.25, 0.3) is 0 Å². The van der Waals surface area contributed by atoms with Gasteiger partial charge in [-0.3, -0.25) is 4.79 Å². The highest BCUT2D eigenvalue weighted by Crippen LogP contribution is 2.29. The van der Waals surface area contributed by atoms with Crippen molar-refractivity contribution in [3.8, 4) is 0 Å². The number of Topliss-reactive ketones (excluding diaryl/α,β-unsaturated/α-hetero) is 1. The summed E-state index contributed by atoms with van der Waals surface area (Å²) in [6.45, 7) is 4.14. The Labute approximate surface area is 115 Å². The molecule has 0 amide bonds. The molecule has 0 radical (unpaired) electrons. The van der Waals surface area contributed by atoms with Crippen LogP contribution in [0.1, 0.15) is 20.8 Å². The first kappa shape index (κ1) is 16.9. The lowest BCUT2D eigenvalue weighted by Crippen LogP contribution is -2.46. The quantitative estimate of drug-likeness (QED) is 0.554. The molecule has 0 atom stereocenters. The molecule has 0 aliphatic rings. The van der Waals surface area contributed by atoms with E-state index in [0.29, 0.717) is 0 Å². The van der Waals surface area contributed by atoms with Crippen molar-refractivity contribution in [1.82, 2.24) is 0 Å². The molecule has 0 N–H and O–H groups in total. The molecule has 0 aromatic heterocycles. The van der Waals surface area contributed by atoms with Crippen LogP contribution in [0, 0.1) is 5.41 Å². The van der Waals surface area contributed by atoms with Gasteiger partial charge in [0.1, 0.15) is 4.49 Å². The minimum Gasteiger partial charge on any atom is -0.465 e. The highest BCUT2D eigenvalue weighted by Gasteiger charge is 2.52. The normalized spacial score (nSPS) is 10.5. The van der Waals surface area contributed by atoms with E-state index in [9.17, 15) is 14.4 Å². The molecule has 0 bridgehead atoms. The van der Waals surface area contributed by atoms with E-state index in [4.69, 9.17) is 32.7 Å². The fraction of sp³-hybridized carbons (Fsp3) is 0.545. The minimum atomic E-state index is -2.25. The van der Waals surface area contributed by atoms with E-state index in [-0.39, 0.29) is 13.2 Å². The maximum absolute atomic E-state index is 11.9. The van der Waals surface area contributed by atoms with Crippen molar-refractivity contribution in [3.05, 3.63) is 10.6 Å². The third kappa shape index (κ3) is 3.71. The van der Waals surface area contributed by atoms with Crippen LogP contribution in [0.3, 0.4) is 0 Å². The van der Waals surface area contributed by atoms with E-state index < -0.39 is 27.6 Å². The zero-order valence-corrected chi connectivity index (χ0v) is 11.8. The maximum atomic E-state index is 11.9. The number of carbonyl (C=O) groups excluding carboxylic acids is 3. The van der Waals surface area contributed by atoms with Crippen LogP contribution in [0.15, 0.2) is 10.6 Å². The molecule has 0 fully saturated rings. The summed E-state index contributed by atoms with van der Waals surface area (Å²) in [5.74, 6) is -2.90. The van der Waals surface area contributed by atoms with Gasteiger partial charge in [0.05, 0.1) is 13.2 Å². The van der Waals surface area contributed by atoms with Crippen molar-refractivity contribution in [2.45, 2.75) is 20.8 Å². The molecule has 0 heterocycles. The largest absolute Gasteiger partial charge is 0.465 e. The molecule has 0 aromatic carbocycles. The van der Waals surface area contributed by atoms with E-state index in [2.05, 4.69) is 0 Å². The predicted molar refractivity (Wildman–Crippen MR) is 66.2 cm³/mol. The minimum absolute atomic E-state index is 0.00101. The van der Waals surface area contributed by atoms with E-state index in [1.807, 2.05) is 0 Å². The Kier molecular flexibility index (Phi) is 6.94. The Morgan fingerprint density at radius 1 is 1.06 bits per heavy atom. The molecule has 0 saturated carbocycles. The lowest BCUT2D eigenvalue weighted by molar-refractivity contribution is -0.170. The first-order chi connectivity index (χ1) is 8.32. The Morgan fingerprint density at radius 2 is 1.44 bits per heavy atom. The summed E-state index contributed by atoms with van der Waals surface area (Å²) in [5, 5.41) is 0. The van der Waals surface area contributed by atoms with E-state index in [1.165, 1.54) is 0 Å². The van der Waals surface area contributed by atoms with Crippen molar-refractivity contribution in [2.24, 2.45) is 5.41 Å². The molecule has 102 valence electrons. The smallest absolute Gasteiger partial charge is 0.335 e. The van der Waals surface area contributed by atoms with Gasteiger partial charge in [-0.15, -0.1) is 0 Å². The summed E-state index contributed by atoms with van der Waals surface area (Å²) in [4.78, 5) is 35.4. The Balaban J connectivity index is 5.73. The summed E-state index contributed by atoms with van der Waals surface area (Å²) in [5.41, 5.74) is -2.25. The first-order valence-corrected chi connectivity index (χ1v) is 5.97. The average molecular weight is 297 g/mol. The lowest BCUT2D eigenvalue weighted by atomic mass is 9.84. The fourth-order valence-corrected chi connectivity index (χ4v) is 1.57.